The molecule has 2 heterocycles. The smallest absolute Gasteiger partial charge is 0.253 e. The third-order valence-corrected chi connectivity index (χ3v) is 8.81. The maximum atomic E-state index is 13.7. The molecule has 0 saturated carbocycles. The fourth-order valence-corrected chi connectivity index (χ4v) is 5.53. The number of nitrogens with one attached hydrogen (secondary N) is 1. The summed E-state index contributed by atoms with van der Waals surface area (Å²) in [5.41, 5.74) is -1.36. The van der Waals surface area contributed by atoms with E-state index in [-0.39, 0.29) is 35.3 Å². The largest absolute Gasteiger partial charge is 0.507 e. The number of hydrogen-bond acceptors (Lipinski definition) is 10. The summed E-state index contributed by atoms with van der Waals surface area (Å²) in [5.74, 6) is -7.27. The van der Waals surface area contributed by atoms with Crippen LogP contribution in [-0.4, -0.2) is 72.9 Å². The quantitative estimate of drug-likeness (QED) is 0.167. The first kappa shape index (κ1) is 39.5. The normalized spacial score (nSPS) is 31.3. The number of aromatic hydroxyl groups is 1. The summed E-state index contributed by atoms with van der Waals surface area (Å²) in [6, 6.07) is 1.23. The molecule has 2 aliphatic heterocycles. The second-order valence-electron chi connectivity index (χ2n) is 12.9. The van der Waals surface area contributed by atoms with Crippen LogP contribution in [0.2, 0.25) is 0 Å². The highest BCUT2D eigenvalue weighted by Crippen LogP contribution is 2.37. The molecule has 11 heteroatoms. The first-order valence-electron chi connectivity index (χ1n) is 16.3. The maximum absolute atomic E-state index is 13.7. The average Bonchev–Trinajstić information content (AvgIpc) is 3.07. The molecule has 1 amide bonds. The molecule has 0 radical (unpaired) electrons. The molecular weight excluding hydrogens is 642 g/mol. The Labute approximate surface area is 291 Å². The van der Waals surface area contributed by atoms with Gasteiger partial charge in [-0.3, -0.25) is 24.0 Å². The third-order valence-electron chi connectivity index (χ3n) is 8.81. The number of aliphatic hydroxyl groups is 4. The van der Waals surface area contributed by atoms with Gasteiger partial charge in [0, 0.05) is 35.8 Å². The summed E-state index contributed by atoms with van der Waals surface area (Å²) in [6.07, 6.45) is 11.9. The monoisotopic (exact) mass is 687 g/mol. The van der Waals surface area contributed by atoms with E-state index < -0.39 is 87.7 Å². The van der Waals surface area contributed by atoms with E-state index in [0.717, 1.165) is 6.08 Å². The lowest BCUT2D eigenvalue weighted by molar-refractivity contribution is -0.118. The number of phenolic OH excluding ortho intramolecular Hbond substituents is 1. The number of ketones is 4. The van der Waals surface area contributed by atoms with Crippen LogP contribution in [0.1, 0.15) is 79.3 Å². The molecule has 6 N–H and O–H groups in total. The van der Waals surface area contributed by atoms with Crippen LogP contribution in [0.25, 0.3) is 5.76 Å². The Kier molecular flexibility index (Phi) is 13.5. The van der Waals surface area contributed by atoms with Crippen LogP contribution < -0.4 is 5.32 Å². The molecule has 4 bridgehead atoms. The van der Waals surface area contributed by atoms with Gasteiger partial charge in [0.05, 0.1) is 29.4 Å². The predicted molar refractivity (Wildman–Crippen MR) is 188 cm³/mol. The van der Waals surface area contributed by atoms with Gasteiger partial charge in [-0.15, -0.1) is 0 Å². The number of rotatable bonds is 0. The topological polar surface area (TPSA) is 199 Å². The SMILES string of the molecule is C/C1=C/CC(O)/C=C/C(C)C(O)C(C)/C=C(\C)C(=O)c2c(O)c(C)cc3c2C(=O)C(=O)C(=C3O)NC(=O)/C=C/C=C\C=C/C(C)C(O)CC1=O. The summed E-state index contributed by atoms with van der Waals surface area (Å²) >= 11 is 0. The molecule has 0 aromatic heterocycles. The summed E-state index contributed by atoms with van der Waals surface area (Å²) in [4.78, 5) is 65.5. The van der Waals surface area contributed by atoms with E-state index in [1.54, 1.807) is 58.1 Å². The van der Waals surface area contributed by atoms with Gasteiger partial charge in [-0.2, -0.15) is 0 Å². The van der Waals surface area contributed by atoms with Gasteiger partial charge in [-0.1, -0.05) is 75.5 Å². The molecule has 1 aliphatic carbocycles. The fraction of sp³-hybridized carbons (Fsp3) is 0.359. The lowest BCUT2D eigenvalue weighted by atomic mass is 9.82. The zero-order chi connectivity index (χ0) is 37.4. The van der Waals surface area contributed by atoms with Crippen molar-refractivity contribution in [3.63, 3.8) is 0 Å². The molecule has 6 atom stereocenters. The van der Waals surface area contributed by atoms with E-state index in [0.29, 0.717) is 5.57 Å². The second-order valence-corrected chi connectivity index (χ2v) is 12.9. The van der Waals surface area contributed by atoms with E-state index in [1.165, 1.54) is 44.2 Å². The van der Waals surface area contributed by atoms with Gasteiger partial charge in [0.1, 0.15) is 11.4 Å². The highest BCUT2D eigenvalue weighted by atomic mass is 16.3. The minimum atomic E-state index is -1.29. The Balaban J connectivity index is 2.07. The Hall–Kier alpha value is -4.97. The van der Waals surface area contributed by atoms with Crippen molar-refractivity contribution in [2.24, 2.45) is 17.8 Å². The maximum Gasteiger partial charge on any atom is 0.253 e. The van der Waals surface area contributed by atoms with Gasteiger partial charge in [-0.05, 0) is 50.0 Å². The lowest BCUT2D eigenvalue weighted by Crippen LogP contribution is -2.35. The van der Waals surface area contributed by atoms with Crippen molar-refractivity contribution in [3.05, 3.63) is 106 Å². The molecule has 50 heavy (non-hydrogen) atoms. The van der Waals surface area contributed by atoms with E-state index >= 15 is 0 Å². The van der Waals surface area contributed by atoms with Crippen LogP contribution >= 0.6 is 0 Å². The Morgan fingerprint density at radius 3 is 2.06 bits per heavy atom. The van der Waals surface area contributed by atoms with Crippen molar-refractivity contribution in [2.45, 2.75) is 72.7 Å². The Morgan fingerprint density at radius 2 is 1.38 bits per heavy atom. The zero-order valence-electron chi connectivity index (χ0n) is 29.0. The highest BCUT2D eigenvalue weighted by Gasteiger charge is 2.39. The number of amides is 1. The number of hydrogen-bond donors (Lipinski definition) is 6. The molecule has 0 spiro atoms. The number of phenols is 1. The average molecular weight is 688 g/mol. The molecule has 6 unspecified atom stereocenters. The molecule has 266 valence electrons. The van der Waals surface area contributed by atoms with E-state index in [9.17, 15) is 49.5 Å². The first-order chi connectivity index (χ1) is 23.5. The van der Waals surface area contributed by atoms with Crippen molar-refractivity contribution in [1.82, 2.24) is 5.32 Å². The number of allylic oxidation sites excluding steroid dienone is 7. The number of carbonyl (C=O) groups is 5. The van der Waals surface area contributed by atoms with Crippen LogP contribution in [0.15, 0.2) is 83.7 Å². The molecule has 11 nitrogen and oxygen atoms in total. The van der Waals surface area contributed by atoms with Gasteiger partial charge in [-0.25, -0.2) is 0 Å². The lowest BCUT2D eigenvalue weighted by Gasteiger charge is -2.23. The van der Waals surface area contributed by atoms with Gasteiger partial charge >= 0.3 is 0 Å². The summed E-state index contributed by atoms with van der Waals surface area (Å²) in [6.45, 7) is 9.57. The second kappa shape index (κ2) is 17.1. The van der Waals surface area contributed by atoms with Crippen LogP contribution in [-0.2, 0) is 14.4 Å². The van der Waals surface area contributed by atoms with Crippen molar-refractivity contribution in [3.8, 4) is 5.75 Å². The summed E-state index contributed by atoms with van der Waals surface area (Å²) < 4.78 is 0. The summed E-state index contributed by atoms with van der Waals surface area (Å²) in [7, 11) is 0. The third kappa shape index (κ3) is 9.38. The van der Waals surface area contributed by atoms with Crippen molar-refractivity contribution in [1.29, 1.82) is 0 Å². The van der Waals surface area contributed by atoms with Gasteiger partial charge < -0.3 is 30.8 Å². The van der Waals surface area contributed by atoms with Crippen LogP contribution in [0.3, 0.4) is 0 Å². The van der Waals surface area contributed by atoms with Crippen LogP contribution in [0, 0.1) is 24.7 Å². The molecule has 1 aromatic carbocycles. The standard InChI is InChI=1S/C39H45NO10/c1-20-11-9-7-8-10-12-30(44)40-33-37(48)27-18-25(6)36(47)32(31(27)38(49)39(33)50)35(46)24(5)17-23(4)34(45)22(3)14-16-26(41)15-13-21(2)29(43)19-28(20)42/h7-14,16-18,20,22-23,26,28,34,41-42,45,47-48H,15,19H2,1-6H3,(H,40,44)/b8-7-,11-9-,12-10+,16-14+,21-13-,24-17+. The number of benzene rings is 1. The van der Waals surface area contributed by atoms with E-state index in [2.05, 4.69) is 5.32 Å². The molecular formula is C39H45NO10. The molecule has 3 aliphatic rings. The van der Waals surface area contributed by atoms with Gasteiger partial charge in [0.25, 0.3) is 5.78 Å². The summed E-state index contributed by atoms with van der Waals surface area (Å²) in [5, 5.41) is 56.2. The van der Waals surface area contributed by atoms with Crippen molar-refractivity contribution >= 4 is 34.8 Å². The van der Waals surface area contributed by atoms with E-state index in [1.807, 2.05) is 0 Å². The molecule has 0 fully saturated rings. The number of Topliss-reactive ketones (excluding diaryl/α,β-unsaturated/α-hetero) is 4. The van der Waals surface area contributed by atoms with Crippen molar-refractivity contribution in [2.75, 3.05) is 0 Å². The molecule has 4 rings (SSSR count). The minimum Gasteiger partial charge on any atom is -0.507 e. The van der Waals surface area contributed by atoms with E-state index in [4.69, 9.17) is 0 Å². The molecule has 0 saturated heterocycles. The van der Waals surface area contributed by atoms with Crippen LogP contribution in [0.4, 0.5) is 0 Å². The van der Waals surface area contributed by atoms with Crippen molar-refractivity contribution < 1.29 is 49.5 Å². The molecule has 1 aromatic rings. The zero-order valence-corrected chi connectivity index (χ0v) is 29.0. The number of aryl methyl sites for hydroxylation is 1. The Bertz CT molecular complexity index is 1770. The first-order valence-corrected chi connectivity index (χ1v) is 16.3. The number of fused-ring (bicyclic) bond motifs is 18. The number of aliphatic hydroxyl groups excluding tert-OH is 4. The van der Waals surface area contributed by atoms with Crippen LogP contribution in [0.5, 0.6) is 5.75 Å². The fourth-order valence-electron chi connectivity index (χ4n) is 5.53. The Morgan fingerprint density at radius 1 is 0.720 bits per heavy atom. The highest BCUT2D eigenvalue weighted by molar-refractivity contribution is 6.53. The van der Waals surface area contributed by atoms with Gasteiger partial charge in [0.15, 0.2) is 17.3 Å². The predicted octanol–water partition coefficient (Wildman–Crippen LogP) is 4.46. The van der Waals surface area contributed by atoms with Gasteiger partial charge in [0.2, 0.25) is 11.7 Å². The number of carbonyl (C=O) groups excluding carboxylic acids is 5. The minimum absolute atomic E-state index is 0.0421.